The van der Waals surface area contributed by atoms with Crippen molar-refractivity contribution in [2.45, 2.75) is 18.9 Å². The molecule has 0 aliphatic heterocycles. The van der Waals surface area contributed by atoms with Gasteiger partial charge in [0, 0.05) is 0 Å². The topological polar surface area (TPSA) is 81.8 Å². The molecule has 0 aliphatic carbocycles. The number of alkyl halides is 6. The van der Waals surface area contributed by atoms with E-state index in [4.69, 9.17) is 0 Å². The Hall–Kier alpha value is -4.16. The zero-order chi connectivity index (χ0) is 24.7. The maximum absolute atomic E-state index is 13.1. The molecule has 7 nitrogen and oxygen atoms in total. The van der Waals surface area contributed by atoms with Gasteiger partial charge in [-0.2, -0.15) is 31.4 Å². The van der Waals surface area contributed by atoms with Crippen molar-refractivity contribution in [2.75, 3.05) is 5.32 Å². The van der Waals surface area contributed by atoms with Crippen LogP contribution in [0.2, 0.25) is 0 Å². The highest BCUT2D eigenvalue weighted by molar-refractivity contribution is 5.91. The van der Waals surface area contributed by atoms with E-state index in [9.17, 15) is 35.9 Å². The van der Waals surface area contributed by atoms with E-state index in [2.05, 4.69) is 15.4 Å². The SMILES string of the molecule is O=C(Cn1cnc2c(cnn2-c2cccc(C(F)(F)F)c2)c1=O)Nc1ccccc1C(F)(F)F. The number of fused-ring (bicyclic) bond motifs is 1. The van der Waals surface area contributed by atoms with Gasteiger partial charge >= 0.3 is 12.4 Å². The second-order valence-corrected chi connectivity index (χ2v) is 7.11. The maximum atomic E-state index is 13.1. The first-order chi connectivity index (χ1) is 15.9. The molecule has 0 fully saturated rings. The summed E-state index contributed by atoms with van der Waals surface area (Å²) < 4.78 is 80.2. The Balaban J connectivity index is 1.62. The number of para-hydroxylation sites is 1. The number of halogens is 6. The second kappa shape index (κ2) is 8.32. The molecule has 13 heteroatoms. The van der Waals surface area contributed by atoms with Crippen LogP contribution in [-0.4, -0.2) is 25.2 Å². The van der Waals surface area contributed by atoms with Gasteiger partial charge in [0.1, 0.15) is 18.3 Å². The summed E-state index contributed by atoms with van der Waals surface area (Å²) in [5.74, 6) is -0.912. The number of nitrogens with zero attached hydrogens (tertiary/aromatic N) is 4. The van der Waals surface area contributed by atoms with Gasteiger partial charge < -0.3 is 5.32 Å². The Bertz CT molecular complexity index is 1440. The van der Waals surface area contributed by atoms with Crippen molar-refractivity contribution in [3.8, 4) is 5.69 Å². The lowest BCUT2D eigenvalue weighted by molar-refractivity contribution is -0.138. The first kappa shape index (κ1) is 23.0. The van der Waals surface area contributed by atoms with E-state index in [1.807, 2.05) is 0 Å². The largest absolute Gasteiger partial charge is 0.418 e. The zero-order valence-corrected chi connectivity index (χ0v) is 16.9. The van der Waals surface area contributed by atoms with Crippen molar-refractivity contribution < 1.29 is 31.1 Å². The summed E-state index contributed by atoms with van der Waals surface area (Å²) in [4.78, 5) is 29.1. The Kier molecular flexibility index (Phi) is 5.63. The molecule has 176 valence electrons. The van der Waals surface area contributed by atoms with Gasteiger partial charge in [0.05, 0.1) is 28.7 Å². The molecular weight excluding hydrogens is 468 g/mol. The van der Waals surface area contributed by atoms with Gasteiger partial charge in [-0.1, -0.05) is 18.2 Å². The minimum absolute atomic E-state index is 0.0102. The van der Waals surface area contributed by atoms with E-state index in [0.29, 0.717) is 0 Å². The van der Waals surface area contributed by atoms with Gasteiger partial charge in [0.25, 0.3) is 5.56 Å². The van der Waals surface area contributed by atoms with Gasteiger partial charge in [0.15, 0.2) is 5.65 Å². The number of benzene rings is 2. The van der Waals surface area contributed by atoms with E-state index in [0.717, 1.165) is 46.0 Å². The minimum atomic E-state index is -4.70. The molecule has 2 aromatic heterocycles. The highest BCUT2D eigenvalue weighted by atomic mass is 19.4. The van der Waals surface area contributed by atoms with Crippen molar-refractivity contribution in [1.82, 2.24) is 19.3 Å². The Labute approximate surface area is 186 Å². The number of hydrogen-bond acceptors (Lipinski definition) is 4. The predicted molar refractivity (Wildman–Crippen MR) is 108 cm³/mol. The third kappa shape index (κ3) is 4.49. The summed E-state index contributed by atoms with van der Waals surface area (Å²) in [6, 6.07) is 8.60. The first-order valence-corrected chi connectivity index (χ1v) is 9.52. The van der Waals surface area contributed by atoms with E-state index in [1.165, 1.54) is 24.3 Å². The Morgan fingerprint density at radius 2 is 1.71 bits per heavy atom. The fourth-order valence-electron chi connectivity index (χ4n) is 3.25. The zero-order valence-electron chi connectivity index (χ0n) is 16.9. The lowest BCUT2D eigenvalue weighted by Gasteiger charge is -2.14. The molecule has 1 amide bonds. The number of rotatable bonds is 4. The number of carbonyl (C=O) groups excluding carboxylic acids is 1. The average Bonchev–Trinajstić information content (AvgIpc) is 3.20. The summed E-state index contributed by atoms with van der Waals surface area (Å²) in [7, 11) is 0. The van der Waals surface area contributed by atoms with Crippen LogP contribution in [0.5, 0.6) is 0 Å². The van der Waals surface area contributed by atoms with Gasteiger partial charge in [0.2, 0.25) is 5.91 Å². The first-order valence-electron chi connectivity index (χ1n) is 9.52. The van der Waals surface area contributed by atoms with Crippen molar-refractivity contribution >= 4 is 22.6 Å². The lowest BCUT2D eigenvalue weighted by atomic mass is 10.1. The molecule has 2 aromatic carbocycles. The number of carbonyl (C=O) groups is 1. The van der Waals surface area contributed by atoms with Gasteiger partial charge in [-0.05, 0) is 30.3 Å². The number of anilines is 1. The van der Waals surface area contributed by atoms with Crippen LogP contribution in [0.3, 0.4) is 0 Å². The van der Waals surface area contributed by atoms with E-state index in [-0.39, 0.29) is 16.7 Å². The van der Waals surface area contributed by atoms with E-state index in [1.54, 1.807) is 0 Å². The molecule has 1 N–H and O–H groups in total. The molecule has 0 saturated heterocycles. The smallest absolute Gasteiger partial charge is 0.324 e. The Morgan fingerprint density at radius 1 is 0.971 bits per heavy atom. The standard InChI is InChI=1S/C21H13F6N5O2/c22-20(23,24)12-4-3-5-13(8-12)32-18-14(9-29-32)19(34)31(11-28-18)10-17(33)30-16-7-2-1-6-15(16)21(25,26)27/h1-9,11H,10H2,(H,30,33). The van der Waals surface area contributed by atoms with Crippen LogP contribution in [0.4, 0.5) is 32.0 Å². The molecule has 0 unspecified atom stereocenters. The lowest BCUT2D eigenvalue weighted by Crippen LogP contribution is -2.28. The third-order valence-corrected chi connectivity index (χ3v) is 4.79. The molecule has 4 aromatic rings. The number of hydrogen-bond donors (Lipinski definition) is 1. The molecular formula is C21H13F6N5O2. The molecule has 2 heterocycles. The number of aromatic nitrogens is 4. The van der Waals surface area contributed by atoms with Crippen LogP contribution < -0.4 is 10.9 Å². The van der Waals surface area contributed by atoms with E-state index >= 15 is 0 Å². The van der Waals surface area contributed by atoms with Crippen LogP contribution in [-0.2, 0) is 23.7 Å². The molecule has 0 spiro atoms. The summed E-state index contributed by atoms with van der Waals surface area (Å²) in [5.41, 5.74) is -3.23. The van der Waals surface area contributed by atoms with Crippen molar-refractivity contribution in [3.63, 3.8) is 0 Å². The quantitative estimate of drug-likeness (QED) is 0.442. The molecule has 0 bridgehead atoms. The monoisotopic (exact) mass is 481 g/mol. The fraction of sp³-hybridized carbons (Fsp3) is 0.143. The summed E-state index contributed by atoms with van der Waals surface area (Å²) in [5, 5.41) is 5.95. The minimum Gasteiger partial charge on any atom is -0.324 e. The van der Waals surface area contributed by atoms with Crippen molar-refractivity contribution in [3.05, 3.63) is 82.5 Å². The highest BCUT2D eigenvalue weighted by Gasteiger charge is 2.33. The van der Waals surface area contributed by atoms with Crippen LogP contribution in [0.1, 0.15) is 11.1 Å². The number of nitrogens with one attached hydrogen (secondary N) is 1. The van der Waals surface area contributed by atoms with Crippen LogP contribution >= 0.6 is 0 Å². The highest BCUT2D eigenvalue weighted by Crippen LogP contribution is 2.34. The molecule has 0 atom stereocenters. The normalized spacial score (nSPS) is 12.2. The molecule has 4 rings (SSSR count). The molecule has 34 heavy (non-hydrogen) atoms. The molecule has 0 saturated carbocycles. The Morgan fingerprint density at radius 3 is 2.41 bits per heavy atom. The van der Waals surface area contributed by atoms with Gasteiger partial charge in [-0.3, -0.25) is 14.2 Å². The summed E-state index contributed by atoms with van der Waals surface area (Å²) in [6.45, 7) is -0.650. The van der Waals surface area contributed by atoms with Gasteiger partial charge in [-0.25, -0.2) is 9.67 Å². The average molecular weight is 481 g/mol. The number of amides is 1. The van der Waals surface area contributed by atoms with Gasteiger partial charge in [-0.15, -0.1) is 0 Å². The van der Waals surface area contributed by atoms with Crippen molar-refractivity contribution in [1.29, 1.82) is 0 Å². The fourth-order valence-corrected chi connectivity index (χ4v) is 3.25. The van der Waals surface area contributed by atoms with Crippen LogP contribution in [0, 0.1) is 0 Å². The van der Waals surface area contributed by atoms with Crippen molar-refractivity contribution in [2.24, 2.45) is 0 Å². The van der Waals surface area contributed by atoms with Crippen LogP contribution in [0.25, 0.3) is 16.7 Å². The predicted octanol–water partition coefficient (Wildman–Crippen LogP) is 4.26. The van der Waals surface area contributed by atoms with Crippen LogP contribution in [0.15, 0.2) is 65.8 Å². The molecule has 0 aliphatic rings. The third-order valence-electron chi connectivity index (χ3n) is 4.79. The summed E-state index contributed by atoms with van der Waals surface area (Å²) >= 11 is 0. The maximum Gasteiger partial charge on any atom is 0.418 e. The second-order valence-electron chi connectivity index (χ2n) is 7.11. The van der Waals surface area contributed by atoms with E-state index < -0.39 is 47.2 Å². The summed E-state index contributed by atoms with van der Waals surface area (Å²) in [6.07, 6.45) is -7.24. The molecule has 0 radical (unpaired) electrons.